The molecule has 1 amide bonds. The second kappa shape index (κ2) is 5.06. The third kappa shape index (κ3) is 2.70. The quantitative estimate of drug-likeness (QED) is 0.794. The van der Waals surface area contributed by atoms with Crippen LogP contribution in [0, 0.1) is 13.8 Å². The van der Waals surface area contributed by atoms with E-state index in [1.165, 1.54) is 0 Å². The number of aryl methyl sites for hydroxylation is 2. The minimum Gasteiger partial charge on any atom is -0.337 e. The van der Waals surface area contributed by atoms with Gasteiger partial charge in [0.1, 0.15) is 0 Å². The van der Waals surface area contributed by atoms with Crippen molar-refractivity contribution >= 4 is 5.91 Å². The first-order chi connectivity index (χ1) is 8.47. The van der Waals surface area contributed by atoms with E-state index in [0.29, 0.717) is 6.04 Å². The molecule has 0 N–H and O–H groups in total. The smallest absolute Gasteiger partial charge is 0.254 e. The Hall–Kier alpha value is -1.42. The fraction of sp³-hybridized carbons (Fsp3) is 0.571. The van der Waals surface area contributed by atoms with Crippen LogP contribution in [-0.2, 0) is 0 Å². The van der Waals surface area contributed by atoms with Crippen LogP contribution in [0.25, 0.3) is 0 Å². The minimum atomic E-state index is 0.101. The molecule has 1 aromatic rings. The highest BCUT2D eigenvalue weighted by atomic mass is 16.2. The Kier molecular flexibility index (Phi) is 3.66. The number of aromatic nitrogens is 1. The standard InChI is InChI=1S/C14H21N3O/c1-10-7-12(8-11(2)15-10)14(18)17(4)13-5-6-16(3)9-13/h7-8,13H,5-6,9H2,1-4H3/t13-/m0/s1. The minimum absolute atomic E-state index is 0.101. The second-order valence-corrected chi connectivity index (χ2v) is 5.26. The summed E-state index contributed by atoms with van der Waals surface area (Å²) in [6, 6.07) is 4.06. The molecule has 1 saturated heterocycles. The van der Waals surface area contributed by atoms with Crippen LogP contribution >= 0.6 is 0 Å². The molecule has 0 radical (unpaired) electrons. The van der Waals surface area contributed by atoms with Gasteiger partial charge in [0.25, 0.3) is 5.91 Å². The summed E-state index contributed by atoms with van der Waals surface area (Å²) in [4.78, 5) is 20.9. The summed E-state index contributed by atoms with van der Waals surface area (Å²) in [5.41, 5.74) is 2.54. The Morgan fingerprint density at radius 1 is 1.39 bits per heavy atom. The van der Waals surface area contributed by atoms with E-state index in [4.69, 9.17) is 0 Å². The summed E-state index contributed by atoms with van der Waals surface area (Å²) in [5, 5.41) is 0. The number of pyridine rings is 1. The highest BCUT2D eigenvalue weighted by Gasteiger charge is 2.27. The number of hydrogen-bond donors (Lipinski definition) is 0. The molecular weight excluding hydrogens is 226 g/mol. The number of likely N-dealkylation sites (N-methyl/N-ethyl adjacent to an activating group) is 2. The molecule has 0 aromatic carbocycles. The lowest BCUT2D eigenvalue weighted by molar-refractivity contribution is 0.0737. The fourth-order valence-electron chi connectivity index (χ4n) is 2.56. The lowest BCUT2D eigenvalue weighted by atomic mass is 10.1. The first kappa shape index (κ1) is 13.0. The van der Waals surface area contributed by atoms with Crippen molar-refractivity contribution in [1.29, 1.82) is 0 Å². The van der Waals surface area contributed by atoms with E-state index in [-0.39, 0.29) is 5.91 Å². The van der Waals surface area contributed by atoms with E-state index in [0.717, 1.165) is 36.5 Å². The van der Waals surface area contributed by atoms with Crippen LogP contribution < -0.4 is 0 Å². The van der Waals surface area contributed by atoms with Gasteiger partial charge >= 0.3 is 0 Å². The number of nitrogens with zero attached hydrogens (tertiary/aromatic N) is 3. The highest BCUT2D eigenvalue weighted by Crippen LogP contribution is 2.16. The van der Waals surface area contributed by atoms with Gasteiger partial charge in [0, 0.05) is 36.6 Å². The van der Waals surface area contributed by atoms with Crippen LogP contribution in [0.4, 0.5) is 0 Å². The SMILES string of the molecule is Cc1cc(C(=O)N(C)[C@H]2CCN(C)C2)cc(C)n1. The van der Waals surface area contributed by atoms with Gasteiger partial charge in [-0.25, -0.2) is 0 Å². The number of carbonyl (C=O) groups excluding carboxylic acids is 1. The first-order valence-corrected chi connectivity index (χ1v) is 6.38. The van der Waals surface area contributed by atoms with Gasteiger partial charge in [0.2, 0.25) is 0 Å². The van der Waals surface area contributed by atoms with Crippen LogP contribution in [-0.4, -0.2) is 53.9 Å². The molecule has 98 valence electrons. The van der Waals surface area contributed by atoms with Gasteiger partial charge < -0.3 is 9.80 Å². The van der Waals surface area contributed by atoms with Crippen LogP contribution in [0.5, 0.6) is 0 Å². The molecule has 2 heterocycles. The third-order valence-corrected chi connectivity index (χ3v) is 3.56. The van der Waals surface area contributed by atoms with Crippen LogP contribution in [0.15, 0.2) is 12.1 Å². The van der Waals surface area contributed by atoms with Crippen molar-refractivity contribution < 1.29 is 4.79 Å². The van der Waals surface area contributed by atoms with Gasteiger partial charge in [0.15, 0.2) is 0 Å². The van der Waals surface area contributed by atoms with Gasteiger partial charge in [0.05, 0.1) is 0 Å². The molecule has 1 aliphatic heterocycles. The summed E-state index contributed by atoms with van der Waals surface area (Å²) < 4.78 is 0. The van der Waals surface area contributed by atoms with Crippen molar-refractivity contribution in [3.8, 4) is 0 Å². The molecule has 2 rings (SSSR count). The molecule has 4 nitrogen and oxygen atoms in total. The number of carbonyl (C=O) groups is 1. The van der Waals surface area contributed by atoms with E-state index in [1.807, 2.05) is 37.9 Å². The molecule has 0 saturated carbocycles. The van der Waals surface area contributed by atoms with E-state index < -0.39 is 0 Å². The summed E-state index contributed by atoms with van der Waals surface area (Å²) in [6.45, 7) is 5.88. The van der Waals surface area contributed by atoms with E-state index in [1.54, 1.807) is 0 Å². The number of likely N-dealkylation sites (tertiary alicyclic amines) is 1. The Bertz CT molecular complexity index is 438. The molecule has 1 atom stereocenters. The maximum atomic E-state index is 12.4. The van der Waals surface area contributed by atoms with E-state index >= 15 is 0 Å². The zero-order chi connectivity index (χ0) is 13.3. The molecule has 0 spiro atoms. The maximum absolute atomic E-state index is 12.4. The number of rotatable bonds is 2. The van der Waals surface area contributed by atoms with E-state index in [2.05, 4.69) is 16.9 Å². The van der Waals surface area contributed by atoms with Gasteiger partial charge in [-0.3, -0.25) is 9.78 Å². The molecule has 1 fully saturated rings. The average Bonchev–Trinajstić information content (AvgIpc) is 2.72. The predicted molar refractivity (Wildman–Crippen MR) is 71.7 cm³/mol. The Morgan fingerprint density at radius 3 is 2.50 bits per heavy atom. The third-order valence-electron chi connectivity index (χ3n) is 3.56. The summed E-state index contributed by atoms with van der Waals surface area (Å²) >= 11 is 0. The Balaban J connectivity index is 2.15. The largest absolute Gasteiger partial charge is 0.337 e. The molecule has 0 bridgehead atoms. The highest BCUT2D eigenvalue weighted by molar-refractivity contribution is 5.94. The number of amides is 1. The first-order valence-electron chi connectivity index (χ1n) is 6.38. The van der Waals surface area contributed by atoms with E-state index in [9.17, 15) is 4.79 Å². The predicted octanol–water partition coefficient (Wildman–Crippen LogP) is 1.47. The second-order valence-electron chi connectivity index (χ2n) is 5.26. The van der Waals surface area contributed by atoms with Gasteiger partial charge in [-0.15, -0.1) is 0 Å². The Labute approximate surface area is 109 Å². The van der Waals surface area contributed by atoms with Gasteiger partial charge in [-0.05, 0) is 46.0 Å². The zero-order valence-corrected chi connectivity index (χ0v) is 11.6. The zero-order valence-electron chi connectivity index (χ0n) is 11.6. The van der Waals surface area contributed by atoms with Crippen molar-refractivity contribution in [3.05, 3.63) is 29.1 Å². The molecule has 1 aromatic heterocycles. The topological polar surface area (TPSA) is 36.4 Å². The van der Waals surface area contributed by atoms with Crippen molar-refractivity contribution in [2.45, 2.75) is 26.3 Å². The monoisotopic (exact) mass is 247 g/mol. The van der Waals surface area contributed by atoms with Crippen LogP contribution in [0.2, 0.25) is 0 Å². The maximum Gasteiger partial charge on any atom is 0.254 e. The lowest BCUT2D eigenvalue weighted by Gasteiger charge is -2.24. The Morgan fingerprint density at radius 2 is 2.00 bits per heavy atom. The van der Waals surface area contributed by atoms with Crippen molar-refractivity contribution in [2.75, 3.05) is 27.2 Å². The molecule has 18 heavy (non-hydrogen) atoms. The summed E-state index contributed by atoms with van der Waals surface area (Å²) in [5.74, 6) is 0.101. The van der Waals surface area contributed by atoms with Crippen molar-refractivity contribution in [2.24, 2.45) is 0 Å². The van der Waals surface area contributed by atoms with Crippen molar-refractivity contribution in [1.82, 2.24) is 14.8 Å². The summed E-state index contributed by atoms with van der Waals surface area (Å²) in [7, 11) is 4.00. The number of hydrogen-bond acceptors (Lipinski definition) is 3. The molecular formula is C14H21N3O. The molecule has 0 aliphatic carbocycles. The van der Waals surface area contributed by atoms with Gasteiger partial charge in [-0.2, -0.15) is 0 Å². The normalized spacial score (nSPS) is 20.1. The molecule has 0 unspecified atom stereocenters. The van der Waals surface area contributed by atoms with Crippen molar-refractivity contribution in [3.63, 3.8) is 0 Å². The van der Waals surface area contributed by atoms with Crippen LogP contribution in [0.1, 0.15) is 28.2 Å². The lowest BCUT2D eigenvalue weighted by Crippen LogP contribution is -2.38. The van der Waals surface area contributed by atoms with Crippen LogP contribution in [0.3, 0.4) is 0 Å². The van der Waals surface area contributed by atoms with Gasteiger partial charge in [-0.1, -0.05) is 0 Å². The fourth-order valence-corrected chi connectivity index (χ4v) is 2.56. The summed E-state index contributed by atoms with van der Waals surface area (Å²) in [6.07, 6.45) is 1.06. The molecule has 4 heteroatoms. The molecule has 1 aliphatic rings. The average molecular weight is 247 g/mol.